The highest BCUT2D eigenvalue weighted by atomic mass is 35.5. The molecule has 0 bridgehead atoms. The van der Waals surface area contributed by atoms with Crippen LogP contribution in [0.1, 0.15) is 12.8 Å². The summed E-state index contributed by atoms with van der Waals surface area (Å²) in [5, 5.41) is 14.3. The molecule has 124 valence electrons. The van der Waals surface area contributed by atoms with E-state index in [0.29, 0.717) is 22.4 Å². The molecule has 0 amide bonds. The van der Waals surface area contributed by atoms with Crippen LogP contribution < -0.4 is 10.1 Å². The average Bonchev–Trinajstić information content (AvgIpc) is 3.25. The molecule has 0 saturated carbocycles. The number of H-pyrrole nitrogens is 1. The minimum atomic E-state index is 0.274. The first-order valence-corrected chi connectivity index (χ1v) is 8.18. The SMILES string of the molecule is Clc1cn[nH]c1-c1nc(-c2ccc(OC3CCNCC3)cc2)no1. The van der Waals surface area contributed by atoms with E-state index in [1.807, 2.05) is 24.3 Å². The van der Waals surface area contributed by atoms with E-state index in [0.717, 1.165) is 37.2 Å². The summed E-state index contributed by atoms with van der Waals surface area (Å²) in [5.41, 5.74) is 1.36. The molecule has 1 aliphatic heterocycles. The second-order valence-electron chi connectivity index (χ2n) is 5.61. The van der Waals surface area contributed by atoms with Crippen LogP contribution in [0.5, 0.6) is 5.75 Å². The van der Waals surface area contributed by atoms with Gasteiger partial charge in [-0.1, -0.05) is 16.8 Å². The largest absolute Gasteiger partial charge is 0.490 e. The summed E-state index contributed by atoms with van der Waals surface area (Å²) in [6.45, 7) is 2.01. The second kappa shape index (κ2) is 6.62. The summed E-state index contributed by atoms with van der Waals surface area (Å²) < 4.78 is 11.2. The Morgan fingerprint density at radius 1 is 1.17 bits per heavy atom. The molecule has 7 nitrogen and oxygen atoms in total. The van der Waals surface area contributed by atoms with Crippen molar-refractivity contribution in [1.82, 2.24) is 25.7 Å². The van der Waals surface area contributed by atoms with Crippen molar-refractivity contribution in [2.24, 2.45) is 0 Å². The third kappa shape index (κ3) is 3.13. The van der Waals surface area contributed by atoms with Crippen molar-refractivity contribution in [3.05, 3.63) is 35.5 Å². The maximum atomic E-state index is 6.00. The molecular weight excluding hydrogens is 330 g/mol. The molecule has 4 rings (SSSR count). The Balaban J connectivity index is 1.49. The third-order valence-corrected chi connectivity index (χ3v) is 4.22. The van der Waals surface area contributed by atoms with Crippen molar-refractivity contribution >= 4 is 11.6 Å². The zero-order chi connectivity index (χ0) is 16.4. The maximum Gasteiger partial charge on any atom is 0.277 e. The molecule has 1 aliphatic rings. The molecule has 0 atom stereocenters. The number of benzene rings is 1. The van der Waals surface area contributed by atoms with Gasteiger partial charge < -0.3 is 14.6 Å². The predicted molar refractivity (Wildman–Crippen MR) is 88.8 cm³/mol. The first kappa shape index (κ1) is 15.2. The number of nitrogens with one attached hydrogen (secondary N) is 2. The zero-order valence-corrected chi connectivity index (χ0v) is 13.6. The van der Waals surface area contributed by atoms with Gasteiger partial charge in [0, 0.05) is 5.56 Å². The standard InChI is InChI=1S/C16H16ClN5O2/c17-13-9-19-21-14(13)16-20-15(22-24-16)10-1-3-11(4-2-10)23-12-5-7-18-8-6-12/h1-4,9,12,18H,5-8H2,(H,19,21). The molecule has 1 saturated heterocycles. The van der Waals surface area contributed by atoms with E-state index in [4.69, 9.17) is 20.9 Å². The van der Waals surface area contributed by atoms with Gasteiger partial charge in [-0.05, 0) is 50.2 Å². The fraction of sp³-hybridized carbons (Fsp3) is 0.312. The number of aromatic amines is 1. The van der Waals surface area contributed by atoms with E-state index in [-0.39, 0.29) is 6.10 Å². The van der Waals surface area contributed by atoms with Gasteiger partial charge in [-0.2, -0.15) is 10.1 Å². The molecule has 2 aromatic heterocycles. The summed E-state index contributed by atoms with van der Waals surface area (Å²) >= 11 is 6.00. The molecule has 0 radical (unpaired) electrons. The number of hydrogen-bond acceptors (Lipinski definition) is 6. The molecule has 1 fully saturated rings. The number of ether oxygens (including phenoxy) is 1. The highest BCUT2D eigenvalue weighted by molar-refractivity contribution is 6.32. The molecular formula is C16H16ClN5O2. The van der Waals surface area contributed by atoms with Crippen LogP contribution in [-0.4, -0.2) is 39.5 Å². The Morgan fingerprint density at radius 3 is 2.67 bits per heavy atom. The second-order valence-corrected chi connectivity index (χ2v) is 6.01. The van der Waals surface area contributed by atoms with Crippen LogP contribution >= 0.6 is 11.6 Å². The van der Waals surface area contributed by atoms with Crippen LogP contribution in [0.3, 0.4) is 0 Å². The van der Waals surface area contributed by atoms with Crippen LogP contribution in [0.4, 0.5) is 0 Å². The number of hydrogen-bond donors (Lipinski definition) is 2. The van der Waals surface area contributed by atoms with Crippen molar-refractivity contribution in [3.63, 3.8) is 0 Å². The highest BCUT2D eigenvalue weighted by Gasteiger charge is 2.16. The van der Waals surface area contributed by atoms with Crippen LogP contribution in [0.25, 0.3) is 23.0 Å². The number of piperidine rings is 1. The van der Waals surface area contributed by atoms with Crippen molar-refractivity contribution in [1.29, 1.82) is 0 Å². The molecule has 0 unspecified atom stereocenters. The van der Waals surface area contributed by atoms with Gasteiger partial charge >= 0.3 is 0 Å². The minimum Gasteiger partial charge on any atom is -0.490 e. The summed E-state index contributed by atoms with van der Waals surface area (Å²) in [7, 11) is 0. The van der Waals surface area contributed by atoms with Gasteiger partial charge in [0.05, 0.1) is 11.2 Å². The number of rotatable bonds is 4. The molecule has 24 heavy (non-hydrogen) atoms. The summed E-state index contributed by atoms with van der Waals surface area (Å²) in [6.07, 6.45) is 3.83. The Kier molecular flexibility index (Phi) is 4.18. The van der Waals surface area contributed by atoms with Crippen molar-refractivity contribution in [3.8, 4) is 28.7 Å². The van der Waals surface area contributed by atoms with Gasteiger partial charge in [-0.15, -0.1) is 0 Å². The quantitative estimate of drug-likeness (QED) is 0.755. The normalized spacial score (nSPS) is 15.5. The molecule has 8 heteroatoms. The number of halogens is 1. The Bertz CT molecular complexity index is 808. The molecule has 3 heterocycles. The Labute approximate surface area is 143 Å². The van der Waals surface area contributed by atoms with Crippen molar-refractivity contribution in [2.75, 3.05) is 13.1 Å². The minimum absolute atomic E-state index is 0.274. The predicted octanol–water partition coefficient (Wildman–Crippen LogP) is 2.91. The first-order chi connectivity index (χ1) is 11.8. The lowest BCUT2D eigenvalue weighted by molar-refractivity contribution is 0.162. The van der Waals surface area contributed by atoms with Crippen molar-refractivity contribution < 1.29 is 9.26 Å². The van der Waals surface area contributed by atoms with Gasteiger partial charge in [0.2, 0.25) is 5.82 Å². The summed E-state index contributed by atoms with van der Waals surface area (Å²) in [6, 6.07) is 7.69. The lowest BCUT2D eigenvalue weighted by Gasteiger charge is -2.23. The van der Waals surface area contributed by atoms with E-state index in [1.54, 1.807) is 0 Å². The first-order valence-electron chi connectivity index (χ1n) is 7.80. The summed E-state index contributed by atoms with van der Waals surface area (Å²) in [4.78, 5) is 4.35. The van der Waals surface area contributed by atoms with Crippen LogP contribution in [0.15, 0.2) is 35.0 Å². The van der Waals surface area contributed by atoms with E-state index in [2.05, 4.69) is 25.7 Å². The van der Waals surface area contributed by atoms with Gasteiger partial charge in [0.15, 0.2) is 0 Å². The molecule has 1 aromatic carbocycles. The third-order valence-electron chi connectivity index (χ3n) is 3.93. The van der Waals surface area contributed by atoms with Crippen LogP contribution in [-0.2, 0) is 0 Å². The monoisotopic (exact) mass is 345 g/mol. The number of nitrogens with zero attached hydrogens (tertiary/aromatic N) is 3. The molecule has 0 aliphatic carbocycles. The lowest BCUT2D eigenvalue weighted by Crippen LogP contribution is -2.34. The fourth-order valence-corrected chi connectivity index (χ4v) is 2.82. The van der Waals surface area contributed by atoms with E-state index >= 15 is 0 Å². The Hall–Kier alpha value is -2.38. The number of aromatic nitrogens is 4. The van der Waals surface area contributed by atoms with E-state index in [1.165, 1.54) is 6.20 Å². The topological polar surface area (TPSA) is 88.9 Å². The molecule has 0 spiro atoms. The molecule has 2 N–H and O–H groups in total. The highest BCUT2D eigenvalue weighted by Crippen LogP contribution is 2.27. The van der Waals surface area contributed by atoms with Gasteiger partial charge in [0.1, 0.15) is 17.5 Å². The van der Waals surface area contributed by atoms with Crippen molar-refractivity contribution in [2.45, 2.75) is 18.9 Å². The van der Waals surface area contributed by atoms with E-state index < -0.39 is 0 Å². The lowest BCUT2D eigenvalue weighted by atomic mass is 10.1. The Morgan fingerprint density at radius 2 is 1.96 bits per heavy atom. The van der Waals surface area contributed by atoms with Crippen LogP contribution in [0.2, 0.25) is 5.02 Å². The zero-order valence-electron chi connectivity index (χ0n) is 12.8. The average molecular weight is 346 g/mol. The van der Waals surface area contributed by atoms with Gasteiger partial charge in [-0.3, -0.25) is 5.10 Å². The van der Waals surface area contributed by atoms with E-state index in [9.17, 15) is 0 Å². The van der Waals surface area contributed by atoms with Crippen LogP contribution in [0, 0.1) is 0 Å². The fourth-order valence-electron chi connectivity index (χ4n) is 2.65. The molecule has 3 aromatic rings. The summed E-state index contributed by atoms with van der Waals surface area (Å²) in [5.74, 6) is 1.65. The maximum absolute atomic E-state index is 6.00. The van der Waals surface area contributed by atoms with Gasteiger partial charge in [-0.25, -0.2) is 0 Å². The smallest absolute Gasteiger partial charge is 0.277 e. The van der Waals surface area contributed by atoms with Gasteiger partial charge in [0.25, 0.3) is 5.89 Å².